The van der Waals surface area contributed by atoms with Gasteiger partial charge in [0, 0.05) is 6.54 Å². The van der Waals surface area contributed by atoms with E-state index in [1.807, 2.05) is 0 Å². The molecular weight excluding hydrogens is 310 g/mol. The highest BCUT2D eigenvalue weighted by Crippen LogP contribution is 2.49. The summed E-state index contributed by atoms with van der Waals surface area (Å²) in [5.41, 5.74) is -2.54. The van der Waals surface area contributed by atoms with E-state index in [4.69, 9.17) is 23.7 Å². The average molecular weight is 331 g/mol. The first-order valence-electron chi connectivity index (χ1n) is 8.04. The lowest BCUT2D eigenvalue weighted by Crippen LogP contribution is -2.67. The molecule has 4 N–H and O–H groups in total. The summed E-state index contributed by atoms with van der Waals surface area (Å²) in [7, 11) is 0. The molecule has 9 heteroatoms. The summed E-state index contributed by atoms with van der Waals surface area (Å²) < 4.78 is 28.8. The van der Waals surface area contributed by atoms with Crippen LogP contribution in [0.5, 0.6) is 0 Å². The molecule has 130 valence electrons. The number of hydrogen-bond donors (Lipinski definition) is 4. The van der Waals surface area contributed by atoms with Crippen molar-refractivity contribution in [2.75, 3.05) is 33.0 Å². The molecule has 5 aliphatic heterocycles. The van der Waals surface area contributed by atoms with E-state index in [2.05, 4.69) is 5.32 Å². The quantitative estimate of drug-likeness (QED) is 0.392. The monoisotopic (exact) mass is 331 g/mol. The van der Waals surface area contributed by atoms with Crippen LogP contribution in [0.25, 0.3) is 0 Å². The van der Waals surface area contributed by atoms with Crippen molar-refractivity contribution in [1.82, 2.24) is 5.32 Å². The van der Waals surface area contributed by atoms with Gasteiger partial charge in [0.05, 0.1) is 26.4 Å². The molecule has 0 aromatic carbocycles. The third kappa shape index (κ3) is 1.77. The van der Waals surface area contributed by atoms with E-state index < -0.39 is 54.1 Å². The zero-order chi connectivity index (χ0) is 15.8. The molecule has 0 bridgehead atoms. The molecule has 9 atom stereocenters. The second kappa shape index (κ2) is 4.84. The van der Waals surface area contributed by atoms with E-state index in [0.717, 1.165) is 0 Å². The van der Waals surface area contributed by atoms with Gasteiger partial charge in [-0.1, -0.05) is 0 Å². The van der Waals surface area contributed by atoms with Gasteiger partial charge in [0.1, 0.15) is 48.3 Å². The summed E-state index contributed by atoms with van der Waals surface area (Å²) in [5, 5.41) is 34.6. The van der Waals surface area contributed by atoms with Gasteiger partial charge in [-0.2, -0.15) is 0 Å². The highest BCUT2D eigenvalue weighted by atomic mass is 16.7. The number of aliphatic hydroxyl groups is 3. The van der Waals surface area contributed by atoms with Crippen LogP contribution in [-0.2, 0) is 23.7 Å². The van der Waals surface area contributed by atoms with Gasteiger partial charge in [0.2, 0.25) is 0 Å². The van der Waals surface area contributed by atoms with E-state index in [0.29, 0.717) is 13.2 Å². The van der Waals surface area contributed by atoms with Gasteiger partial charge in [0.25, 0.3) is 0 Å². The molecule has 5 fully saturated rings. The third-order valence-electron chi connectivity index (χ3n) is 5.65. The third-order valence-corrected chi connectivity index (χ3v) is 5.65. The van der Waals surface area contributed by atoms with Gasteiger partial charge in [-0.3, -0.25) is 5.32 Å². The van der Waals surface area contributed by atoms with Crippen LogP contribution in [0.1, 0.15) is 0 Å². The first-order valence-corrected chi connectivity index (χ1v) is 8.04. The lowest BCUT2D eigenvalue weighted by atomic mass is 9.83. The summed E-state index contributed by atoms with van der Waals surface area (Å²) >= 11 is 0. The fourth-order valence-electron chi connectivity index (χ4n) is 4.65. The highest BCUT2D eigenvalue weighted by molar-refractivity contribution is 5.20. The van der Waals surface area contributed by atoms with Crippen molar-refractivity contribution >= 4 is 0 Å². The predicted octanol–water partition coefficient (Wildman–Crippen LogP) is -3.28. The van der Waals surface area contributed by atoms with Crippen molar-refractivity contribution in [2.24, 2.45) is 0 Å². The molecule has 0 amide bonds. The Morgan fingerprint density at radius 3 is 2.43 bits per heavy atom. The van der Waals surface area contributed by atoms with E-state index in [-0.39, 0.29) is 19.8 Å². The maximum atomic E-state index is 11.3. The number of hydrogen-bond acceptors (Lipinski definition) is 9. The summed E-state index contributed by atoms with van der Waals surface area (Å²) in [6.45, 7) is 1.29. The first-order chi connectivity index (χ1) is 11.1. The molecule has 0 radical (unpaired) electrons. The van der Waals surface area contributed by atoms with Crippen molar-refractivity contribution in [3.05, 3.63) is 0 Å². The van der Waals surface area contributed by atoms with E-state index in [1.165, 1.54) is 0 Å². The topological polar surface area (TPSA) is 119 Å². The SMILES string of the molecule is O[C@@H]1CO[C@H]2[C@@H]1OC[C@]2(O)[C@H]1O[C@@H]2[C@H](O)CO[C@@H]2[C@]12NCCO2. The fraction of sp³-hybridized carbons (Fsp3) is 1.00. The van der Waals surface area contributed by atoms with Crippen LogP contribution in [0.3, 0.4) is 0 Å². The van der Waals surface area contributed by atoms with Crippen LogP contribution in [-0.4, -0.2) is 102 Å². The molecule has 5 aliphatic rings. The van der Waals surface area contributed by atoms with E-state index in [9.17, 15) is 15.3 Å². The summed E-state index contributed by atoms with van der Waals surface area (Å²) in [6.07, 6.45) is -4.77. The lowest BCUT2D eigenvalue weighted by molar-refractivity contribution is -0.216. The van der Waals surface area contributed by atoms with Crippen LogP contribution in [0.4, 0.5) is 0 Å². The van der Waals surface area contributed by atoms with Crippen molar-refractivity contribution in [1.29, 1.82) is 0 Å². The van der Waals surface area contributed by atoms with Gasteiger partial charge in [0.15, 0.2) is 5.72 Å². The van der Waals surface area contributed by atoms with Gasteiger partial charge in [-0.05, 0) is 0 Å². The van der Waals surface area contributed by atoms with Crippen LogP contribution in [0.15, 0.2) is 0 Å². The molecule has 0 saturated carbocycles. The predicted molar refractivity (Wildman–Crippen MR) is 71.5 cm³/mol. The zero-order valence-electron chi connectivity index (χ0n) is 12.5. The van der Waals surface area contributed by atoms with Crippen molar-refractivity contribution < 1.29 is 39.0 Å². The molecule has 5 rings (SSSR count). The summed E-state index contributed by atoms with van der Waals surface area (Å²) in [5.74, 6) is 0. The fourth-order valence-corrected chi connectivity index (χ4v) is 4.65. The Kier molecular flexibility index (Phi) is 3.14. The number of aliphatic hydroxyl groups excluding tert-OH is 2. The standard InChI is InChI=1S/C14H21NO8/c16-6-3-19-10-8(6)21-5-13(10,18)12-14(15-1-2-22-14)11-9(23-12)7(17)4-20-11/h6-12,15-18H,1-5H2/t6-,7-,8-,9-,10+,11+,12-,13-,14-/m1/s1. The van der Waals surface area contributed by atoms with Gasteiger partial charge >= 0.3 is 0 Å². The molecule has 5 heterocycles. The normalized spacial score (nSPS) is 61.4. The molecule has 0 aliphatic carbocycles. The second-order valence-corrected chi connectivity index (χ2v) is 6.96. The van der Waals surface area contributed by atoms with Crippen LogP contribution < -0.4 is 5.32 Å². The Hall–Kier alpha value is -0.360. The Morgan fingerprint density at radius 2 is 1.70 bits per heavy atom. The largest absolute Gasteiger partial charge is 0.388 e. The van der Waals surface area contributed by atoms with E-state index >= 15 is 0 Å². The van der Waals surface area contributed by atoms with Crippen LogP contribution >= 0.6 is 0 Å². The van der Waals surface area contributed by atoms with Gasteiger partial charge < -0.3 is 39.0 Å². The van der Waals surface area contributed by atoms with Gasteiger partial charge in [-0.25, -0.2) is 0 Å². The smallest absolute Gasteiger partial charge is 0.177 e. The van der Waals surface area contributed by atoms with Crippen LogP contribution in [0, 0.1) is 0 Å². The molecular formula is C14H21NO8. The number of fused-ring (bicyclic) bond motifs is 3. The van der Waals surface area contributed by atoms with E-state index in [1.54, 1.807) is 0 Å². The molecule has 9 nitrogen and oxygen atoms in total. The maximum absolute atomic E-state index is 11.3. The van der Waals surface area contributed by atoms with Gasteiger partial charge in [-0.15, -0.1) is 0 Å². The van der Waals surface area contributed by atoms with Crippen molar-refractivity contribution in [3.63, 3.8) is 0 Å². The minimum Gasteiger partial charge on any atom is -0.388 e. The summed E-state index contributed by atoms with van der Waals surface area (Å²) in [4.78, 5) is 0. The lowest BCUT2D eigenvalue weighted by Gasteiger charge is -2.41. The Balaban J connectivity index is 1.52. The first kappa shape index (κ1) is 14.9. The molecule has 0 unspecified atom stereocenters. The minimum absolute atomic E-state index is 0.0353. The molecule has 0 aromatic rings. The zero-order valence-corrected chi connectivity index (χ0v) is 12.5. The Labute approximate surface area is 132 Å². The number of nitrogens with one attached hydrogen (secondary N) is 1. The molecule has 0 aromatic heterocycles. The van der Waals surface area contributed by atoms with Crippen LogP contribution in [0.2, 0.25) is 0 Å². The Bertz CT molecular complexity index is 499. The molecule has 1 spiro atoms. The number of rotatable bonds is 1. The average Bonchev–Trinajstić information content (AvgIpc) is 3.28. The molecule has 23 heavy (non-hydrogen) atoms. The van der Waals surface area contributed by atoms with Crippen molar-refractivity contribution in [2.45, 2.75) is 54.1 Å². The highest BCUT2D eigenvalue weighted by Gasteiger charge is 2.73. The Morgan fingerprint density at radius 1 is 0.957 bits per heavy atom. The van der Waals surface area contributed by atoms with Crippen molar-refractivity contribution in [3.8, 4) is 0 Å². The summed E-state index contributed by atoms with van der Waals surface area (Å²) in [6, 6.07) is 0. The minimum atomic E-state index is -1.49. The molecule has 5 saturated heterocycles. The number of ether oxygens (including phenoxy) is 5. The second-order valence-electron chi connectivity index (χ2n) is 6.96. The maximum Gasteiger partial charge on any atom is 0.177 e.